The molecule has 0 aromatic heterocycles. The Balaban J connectivity index is 2.37. The highest BCUT2D eigenvalue weighted by Crippen LogP contribution is 2.35. The zero-order chi connectivity index (χ0) is 14.0. The first kappa shape index (κ1) is 13.7. The third-order valence-corrected chi connectivity index (χ3v) is 3.36. The Morgan fingerprint density at radius 3 is 2.42 bits per heavy atom. The van der Waals surface area contributed by atoms with Gasteiger partial charge < -0.3 is 14.4 Å². The van der Waals surface area contributed by atoms with Crippen molar-refractivity contribution < 1.29 is 14.3 Å². The average Bonchev–Trinajstić information content (AvgIpc) is 3.21. The van der Waals surface area contributed by atoms with Gasteiger partial charge in [0.2, 0.25) is 0 Å². The monoisotopic (exact) mass is 263 g/mol. The van der Waals surface area contributed by atoms with Crippen molar-refractivity contribution in [2.75, 3.05) is 14.2 Å². The Hall–Kier alpha value is -1.71. The molecule has 0 unspecified atom stereocenters. The van der Waals surface area contributed by atoms with Gasteiger partial charge in [-0.05, 0) is 38.8 Å². The van der Waals surface area contributed by atoms with E-state index in [-0.39, 0.29) is 11.9 Å². The summed E-state index contributed by atoms with van der Waals surface area (Å²) in [5.74, 6) is 1.13. The molecule has 0 radical (unpaired) electrons. The second kappa shape index (κ2) is 5.51. The van der Waals surface area contributed by atoms with Crippen molar-refractivity contribution in [3.05, 3.63) is 23.8 Å². The van der Waals surface area contributed by atoms with Crippen molar-refractivity contribution in [1.29, 1.82) is 0 Å². The first-order valence-corrected chi connectivity index (χ1v) is 6.63. The highest BCUT2D eigenvalue weighted by Gasteiger charge is 2.36. The third-order valence-electron chi connectivity index (χ3n) is 3.36. The predicted molar refractivity (Wildman–Crippen MR) is 73.9 cm³/mol. The zero-order valence-electron chi connectivity index (χ0n) is 12.0. The van der Waals surface area contributed by atoms with E-state index < -0.39 is 0 Å². The first-order chi connectivity index (χ1) is 9.10. The van der Waals surface area contributed by atoms with Crippen molar-refractivity contribution in [3.63, 3.8) is 0 Å². The van der Waals surface area contributed by atoms with E-state index in [1.54, 1.807) is 26.4 Å². The summed E-state index contributed by atoms with van der Waals surface area (Å²) in [7, 11) is 3.14. The minimum absolute atomic E-state index is 0.0215. The van der Waals surface area contributed by atoms with Crippen LogP contribution in [0.2, 0.25) is 0 Å². The number of hydrogen-bond donors (Lipinski definition) is 0. The number of carbonyl (C=O) groups is 1. The van der Waals surface area contributed by atoms with Crippen LogP contribution in [0, 0.1) is 0 Å². The van der Waals surface area contributed by atoms with Crippen molar-refractivity contribution in [2.24, 2.45) is 0 Å². The average molecular weight is 263 g/mol. The van der Waals surface area contributed by atoms with Crippen LogP contribution in [0.25, 0.3) is 0 Å². The van der Waals surface area contributed by atoms with Gasteiger partial charge in [-0.25, -0.2) is 0 Å². The lowest BCUT2D eigenvalue weighted by atomic mass is 10.1. The van der Waals surface area contributed by atoms with Gasteiger partial charge in [0.15, 0.2) is 11.5 Å². The van der Waals surface area contributed by atoms with Crippen LogP contribution < -0.4 is 9.47 Å². The fraction of sp³-hybridized carbons (Fsp3) is 0.533. The van der Waals surface area contributed by atoms with Gasteiger partial charge in [-0.2, -0.15) is 0 Å². The van der Waals surface area contributed by atoms with Crippen LogP contribution in [0.1, 0.15) is 37.0 Å². The molecule has 1 amide bonds. The summed E-state index contributed by atoms with van der Waals surface area (Å²) in [6.07, 6.45) is 2.19. The quantitative estimate of drug-likeness (QED) is 0.820. The first-order valence-electron chi connectivity index (χ1n) is 6.63. The Labute approximate surface area is 114 Å². The number of carbonyl (C=O) groups excluding carboxylic acids is 1. The van der Waals surface area contributed by atoms with E-state index in [9.17, 15) is 4.79 Å². The molecule has 1 aromatic carbocycles. The summed E-state index contributed by atoms with van der Waals surface area (Å²) in [4.78, 5) is 14.6. The van der Waals surface area contributed by atoms with Gasteiger partial charge in [-0.3, -0.25) is 4.79 Å². The summed E-state index contributed by atoms with van der Waals surface area (Å²) < 4.78 is 10.6. The minimum atomic E-state index is 0.0215. The molecule has 2 rings (SSSR count). The molecule has 1 fully saturated rings. The highest BCUT2D eigenvalue weighted by atomic mass is 16.5. The number of ether oxygens (including phenoxy) is 2. The van der Waals surface area contributed by atoms with Crippen molar-refractivity contribution in [3.8, 4) is 11.5 Å². The molecule has 0 spiro atoms. The molecule has 0 heterocycles. The molecule has 1 saturated carbocycles. The number of benzene rings is 1. The number of nitrogens with zero attached hydrogens (tertiary/aromatic N) is 1. The van der Waals surface area contributed by atoms with E-state index in [2.05, 4.69) is 0 Å². The number of para-hydroxylation sites is 1. The zero-order valence-corrected chi connectivity index (χ0v) is 12.0. The lowest BCUT2D eigenvalue weighted by Gasteiger charge is -2.27. The van der Waals surface area contributed by atoms with Crippen molar-refractivity contribution in [2.45, 2.75) is 38.8 Å². The summed E-state index contributed by atoms with van der Waals surface area (Å²) in [5.41, 5.74) is 0.572. The maximum absolute atomic E-state index is 12.7. The molecular weight excluding hydrogens is 242 g/mol. The standard InChI is InChI=1S/C15H21NO3/c1-10(2)16(11-8-9-11)15(17)12-6-5-7-13(18-3)14(12)19-4/h5-7,10-11H,8-9H2,1-4H3. The fourth-order valence-electron chi connectivity index (χ4n) is 2.37. The van der Waals surface area contributed by atoms with E-state index in [1.807, 2.05) is 24.8 Å². The largest absolute Gasteiger partial charge is 0.493 e. The molecule has 0 saturated heterocycles. The maximum atomic E-state index is 12.7. The summed E-state index contributed by atoms with van der Waals surface area (Å²) >= 11 is 0. The summed E-state index contributed by atoms with van der Waals surface area (Å²) in [6.45, 7) is 4.09. The minimum Gasteiger partial charge on any atom is -0.493 e. The van der Waals surface area contributed by atoms with Gasteiger partial charge in [0.1, 0.15) is 0 Å². The van der Waals surface area contributed by atoms with Gasteiger partial charge in [0, 0.05) is 12.1 Å². The molecule has 0 atom stereocenters. The lowest BCUT2D eigenvalue weighted by Crippen LogP contribution is -2.38. The number of methoxy groups -OCH3 is 2. The molecule has 1 aliphatic rings. The van der Waals surface area contributed by atoms with Gasteiger partial charge in [-0.1, -0.05) is 6.07 Å². The van der Waals surface area contributed by atoms with Crippen LogP contribution >= 0.6 is 0 Å². The molecule has 1 aromatic rings. The number of hydrogen-bond acceptors (Lipinski definition) is 3. The SMILES string of the molecule is COc1cccc(C(=O)N(C(C)C)C2CC2)c1OC. The third kappa shape index (κ3) is 2.67. The van der Waals surface area contributed by atoms with Crippen molar-refractivity contribution >= 4 is 5.91 Å². The van der Waals surface area contributed by atoms with Gasteiger partial charge in [0.05, 0.1) is 19.8 Å². The highest BCUT2D eigenvalue weighted by molar-refractivity contribution is 5.98. The molecule has 104 valence electrons. The summed E-state index contributed by atoms with van der Waals surface area (Å²) in [5, 5.41) is 0. The van der Waals surface area contributed by atoms with E-state index in [4.69, 9.17) is 9.47 Å². The lowest BCUT2D eigenvalue weighted by molar-refractivity contribution is 0.0686. The number of rotatable bonds is 5. The van der Waals surface area contributed by atoms with Crippen LogP contribution in [0.15, 0.2) is 18.2 Å². The van der Waals surface area contributed by atoms with Crippen molar-refractivity contribution in [1.82, 2.24) is 4.90 Å². The molecule has 1 aliphatic carbocycles. The number of amides is 1. The fourth-order valence-corrected chi connectivity index (χ4v) is 2.37. The Morgan fingerprint density at radius 1 is 1.26 bits per heavy atom. The molecule has 0 aliphatic heterocycles. The van der Waals surface area contributed by atoms with Crippen LogP contribution in [0.3, 0.4) is 0 Å². The Morgan fingerprint density at radius 2 is 1.95 bits per heavy atom. The smallest absolute Gasteiger partial charge is 0.258 e. The van der Waals surface area contributed by atoms with E-state index in [1.165, 1.54) is 0 Å². The predicted octanol–water partition coefficient (Wildman–Crippen LogP) is 2.72. The van der Waals surface area contributed by atoms with Crippen LogP contribution in [-0.2, 0) is 0 Å². The Bertz CT molecular complexity index is 464. The van der Waals surface area contributed by atoms with Gasteiger partial charge in [-0.15, -0.1) is 0 Å². The van der Waals surface area contributed by atoms with Crippen LogP contribution in [-0.4, -0.2) is 37.1 Å². The molecular formula is C15H21NO3. The summed E-state index contributed by atoms with van der Waals surface area (Å²) in [6, 6.07) is 5.98. The molecule has 4 nitrogen and oxygen atoms in total. The van der Waals surface area contributed by atoms with Gasteiger partial charge >= 0.3 is 0 Å². The molecule has 0 N–H and O–H groups in total. The second-order valence-corrected chi connectivity index (χ2v) is 5.08. The topological polar surface area (TPSA) is 38.8 Å². The van der Waals surface area contributed by atoms with E-state index >= 15 is 0 Å². The maximum Gasteiger partial charge on any atom is 0.258 e. The molecule has 0 bridgehead atoms. The van der Waals surface area contributed by atoms with Crippen LogP contribution in [0.4, 0.5) is 0 Å². The second-order valence-electron chi connectivity index (χ2n) is 5.08. The van der Waals surface area contributed by atoms with Crippen LogP contribution in [0.5, 0.6) is 11.5 Å². The Kier molecular flexibility index (Phi) is 3.98. The normalized spacial score (nSPS) is 14.4. The molecule has 4 heteroatoms. The van der Waals surface area contributed by atoms with Gasteiger partial charge in [0.25, 0.3) is 5.91 Å². The van der Waals surface area contributed by atoms with E-state index in [0.717, 1.165) is 12.8 Å². The van der Waals surface area contributed by atoms with E-state index in [0.29, 0.717) is 23.1 Å². The molecule has 19 heavy (non-hydrogen) atoms.